The number of H-pyrrole nitrogens is 1. The van der Waals surface area contributed by atoms with Gasteiger partial charge < -0.3 is 10.7 Å². The van der Waals surface area contributed by atoms with Crippen molar-refractivity contribution in [1.82, 2.24) is 4.98 Å². The molecular formula is C16H24N2. The Kier molecular flexibility index (Phi) is 3.49. The largest absolute Gasteiger partial charge is 0.358 e. The lowest BCUT2D eigenvalue weighted by Crippen LogP contribution is -2.10. The molecule has 18 heavy (non-hydrogen) atoms. The molecule has 2 aromatic rings. The van der Waals surface area contributed by atoms with Gasteiger partial charge in [0.25, 0.3) is 0 Å². The Morgan fingerprint density at radius 2 is 1.94 bits per heavy atom. The number of aromatic amines is 1. The minimum Gasteiger partial charge on any atom is -0.358 e. The number of aryl methyl sites for hydroxylation is 2. The number of hydrogen-bond donors (Lipinski definition) is 2. The average molecular weight is 244 g/mol. The summed E-state index contributed by atoms with van der Waals surface area (Å²) in [5, 5.41) is 1.37. The topological polar surface area (TPSA) is 41.8 Å². The van der Waals surface area contributed by atoms with E-state index in [9.17, 15) is 0 Å². The zero-order valence-corrected chi connectivity index (χ0v) is 11.9. The van der Waals surface area contributed by atoms with Gasteiger partial charge in [-0.05, 0) is 55.0 Å². The lowest BCUT2D eigenvalue weighted by atomic mass is 9.86. The molecule has 0 aliphatic heterocycles. The van der Waals surface area contributed by atoms with Crippen molar-refractivity contribution < 1.29 is 0 Å². The standard InChI is InChI=1S/C16H24N2/c1-11-13(6-5-9-17)14-10-12(16(2,3)4)7-8-15(14)18-11/h7-8,10,18H,5-6,9,17H2,1-4H3. The Hall–Kier alpha value is -1.28. The molecule has 0 radical (unpaired) electrons. The molecule has 0 amide bonds. The first-order valence-electron chi connectivity index (χ1n) is 6.75. The van der Waals surface area contributed by atoms with Crippen molar-refractivity contribution >= 4 is 10.9 Å². The van der Waals surface area contributed by atoms with E-state index in [4.69, 9.17) is 5.73 Å². The first kappa shape index (κ1) is 13.2. The van der Waals surface area contributed by atoms with Gasteiger partial charge in [-0.2, -0.15) is 0 Å². The molecule has 0 bridgehead atoms. The number of nitrogens with one attached hydrogen (secondary N) is 1. The van der Waals surface area contributed by atoms with Gasteiger partial charge in [-0.15, -0.1) is 0 Å². The monoisotopic (exact) mass is 244 g/mol. The molecule has 0 aliphatic rings. The van der Waals surface area contributed by atoms with Crippen LogP contribution in [0.2, 0.25) is 0 Å². The summed E-state index contributed by atoms with van der Waals surface area (Å²) < 4.78 is 0. The van der Waals surface area contributed by atoms with E-state index in [1.807, 2.05) is 0 Å². The number of nitrogens with two attached hydrogens (primary N) is 1. The van der Waals surface area contributed by atoms with Gasteiger partial charge in [0.1, 0.15) is 0 Å². The number of hydrogen-bond acceptors (Lipinski definition) is 1. The Bertz CT molecular complexity index is 544. The fraction of sp³-hybridized carbons (Fsp3) is 0.500. The highest BCUT2D eigenvalue weighted by Crippen LogP contribution is 2.29. The van der Waals surface area contributed by atoms with Crippen LogP contribution in [0.15, 0.2) is 18.2 Å². The van der Waals surface area contributed by atoms with Gasteiger partial charge in [-0.3, -0.25) is 0 Å². The molecular weight excluding hydrogens is 220 g/mol. The molecule has 98 valence electrons. The molecule has 2 rings (SSSR count). The van der Waals surface area contributed by atoms with Crippen LogP contribution < -0.4 is 5.73 Å². The highest BCUT2D eigenvalue weighted by atomic mass is 14.7. The SMILES string of the molecule is Cc1[nH]c2ccc(C(C)(C)C)cc2c1CCCN. The van der Waals surface area contributed by atoms with Gasteiger partial charge in [0.15, 0.2) is 0 Å². The van der Waals surface area contributed by atoms with E-state index in [1.54, 1.807) is 0 Å². The van der Waals surface area contributed by atoms with Gasteiger partial charge in [0.2, 0.25) is 0 Å². The zero-order valence-electron chi connectivity index (χ0n) is 11.9. The summed E-state index contributed by atoms with van der Waals surface area (Å²) in [5.41, 5.74) is 11.2. The van der Waals surface area contributed by atoms with Crippen molar-refractivity contribution in [1.29, 1.82) is 0 Å². The molecule has 1 aromatic carbocycles. The molecule has 3 N–H and O–H groups in total. The summed E-state index contributed by atoms with van der Waals surface area (Å²) in [7, 11) is 0. The predicted octanol–water partition coefficient (Wildman–Crippen LogP) is 3.67. The Morgan fingerprint density at radius 3 is 2.56 bits per heavy atom. The van der Waals surface area contributed by atoms with Crippen molar-refractivity contribution in [3.05, 3.63) is 35.0 Å². The second kappa shape index (κ2) is 4.77. The molecule has 2 nitrogen and oxygen atoms in total. The van der Waals surface area contributed by atoms with Crippen molar-refractivity contribution in [2.24, 2.45) is 5.73 Å². The summed E-state index contributed by atoms with van der Waals surface area (Å²) in [4.78, 5) is 3.47. The van der Waals surface area contributed by atoms with Crippen LogP contribution in [0.5, 0.6) is 0 Å². The summed E-state index contributed by atoms with van der Waals surface area (Å²) in [5.74, 6) is 0. The van der Waals surface area contributed by atoms with Crippen LogP contribution in [0.3, 0.4) is 0 Å². The molecule has 0 fully saturated rings. The number of aromatic nitrogens is 1. The minimum atomic E-state index is 0.199. The normalized spacial score (nSPS) is 12.3. The first-order valence-corrected chi connectivity index (χ1v) is 6.75. The van der Waals surface area contributed by atoms with Gasteiger partial charge in [0.05, 0.1) is 0 Å². The van der Waals surface area contributed by atoms with E-state index in [2.05, 4.69) is 50.9 Å². The Morgan fingerprint density at radius 1 is 1.22 bits per heavy atom. The minimum absolute atomic E-state index is 0.199. The fourth-order valence-electron chi connectivity index (χ4n) is 2.45. The molecule has 1 heterocycles. The van der Waals surface area contributed by atoms with Gasteiger partial charge >= 0.3 is 0 Å². The maximum atomic E-state index is 5.63. The van der Waals surface area contributed by atoms with E-state index in [0.29, 0.717) is 0 Å². The van der Waals surface area contributed by atoms with Crippen LogP contribution in [0.25, 0.3) is 10.9 Å². The third kappa shape index (κ3) is 2.44. The van der Waals surface area contributed by atoms with Crippen molar-refractivity contribution in [3.8, 4) is 0 Å². The van der Waals surface area contributed by atoms with E-state index >= 15 is 0 Å². The van der Waals surface area contributed by atoms with Gasteiger partial charge in [0, 0.05) is 16.6 Å². The second-order valence-electron chi connectivity index (χ2n) is 6.13. The predicted molar refractivity (Wildman–Crippen MR) is 79.1 cm³/mol. The Labute approximate surface area is 110 Å². The summed E-state index contributed by atoms with van der Waals surface area (Å²) in [6, 6.07) is 6.77. The number of rotatable bonds is 3. The van der Waals surface area contributed by atoms with Crippen LogP contribution in [0.4, 0.5) is 0 Å². The molecule has 1 aromatic heterocycles. The van der Waals surface area contributed by atoms with Crippen LogP contribution >= 0.6 is 0 Å². The van der Waals surface area contributed by atoms with Gasteiger partial charge in [-0.25, -0.2) is 0 Å². The van der Waals surface area contributed by atoms with Crippen LogP contribution in [0, 0.1) is 6.92 Å². The van der Waals surface area contributed by atoms with Crippen molar-refractivity contribution in [2.45, 2.75) is 46.0 Å². The maximum Gasteiger partial charge on any atom is 0.0459 e. The second-order valence-corrected chi connectivity index (χ2v) is 6.13. The summed E-state index contributed by atoms with van der Waals surface area (Å²) >= 11 is 0. The number of benzene rings is 1. The van der Waals surface area contributed by atoms with Crippen molar-refractivity contribution in [3.63, 3.8) is 0 Å². The van der Waals surface area contributed by atoms with E-state index < -0.39 is 0 Å². The quantitative estimate of drug-likeness (QED) is 0.850. The summed E-state index contributed by atoms with van der Waals surface area (Å²) in [6.07, 6.45) is 2.11. The van der Waals surface area contributed by atoms with E-state index in [1.165, 1.54) is 27.7 Å². The van der Waals surface area contributed by atoms with Crippen LogP contribution in [-0.4, -0.2) is 11.5 Å². The third-order valence-corrected chi connectivity index (χ3v) is 3.62. The molecule has 2 heteroatoms. The van der Waals surface area contributed by atoms with E-state index in [0.717, 1.165) is 19.4 Å². The van der Waals surface area contributed by atoms with Crippen molar-refractivity contribution in [2.75, 3.05) is 6.54 Å². The molecule has 0 spiro atoms. The maximum absolute atomic E-state index is 5.63. The van der Waals surface area contributed by atoms with Gasteiger partial charge in [-0.1, -0.05) is 26.8 Å². The smallest absolute Gasteiger partial charge is 0.0459 e. The summed E-state index contributed by atoms with van der Waals surface area (Å²) in [6.45, 7) is 9.68. The molecule has 0 saturated carbocycles. The molecule has 0 saturated heterocycles. The average Bonchev–Trinajstić information content (AvgIpc) is 2.60. The number of fused-ring (bicyclic) bond motifs is 1. The first-order chi connectivity index (χ1) is 8.43. The molecule has 0 unspecified atom stereocenters. The van der Waals surface area contributed by atoms with Crippen LogP contribution in [0.1, 0.15) is 44.0 Å². The molecule has 0 atom stereocenters. The van der Waals surface area contributed by atoms with Crippen LogP contribution in [-0.2, 0) is 11.8 Å². The molecule has 0 aliphatic carbocycles. The fourth-order valence-corrected chi connectivity index (χ4v) is 2.45. The highest BCUT2D eigenvalue weighted by Gasteiger charge is 2.16. The highest BCUT2D eigenvalue weighted by molar-refractivity contribution is 5.85. The van der Waals surface area contributed by atoms with E-state index in [-0.39, 0.29) is 5.41 Å². The lowest BCUT2D eigenvalue weighted by Gasteiger charge is -2.19. The zero-order chi connectivity index (χ0) is 13.3. The third-order valence-electron chi connectivity index (χ3n) is 3.62. The lowest BCUT2D eigenvalue weighted by molar-refractivity contribution is 0.591. The Balaban J connectivity index is 2.52.